The molecule has 6 rings (SSSR count). The third-order valence-corrected chi connectivity index (χ3v) is 7.36. The van der Waals surface area contributed by atoms with Crippen LogP contribution in [0.1, 0.15) is 27.9 Å². The SMILES string of the molecule is COc1cnc2cc(C)cc(N3CCc4c(cc(Cn5ccnc5N)cc4-c4cn(C)nc4C(F)(F)F)C3)c2c1. The van der Waals surface area contributed by atoms with Crippen LogP contribution >= 0.6 is 0 Å². The third-order valence-electron chi connectivity index (χ3n) is 7.36. The van der Waals surface area contributed by atoms with Crippen LogP contribution in [0.4, 0.5) is 24.8 Å². The Balaban J connectivity index is 1.49. The van der Waals surface area contributed by atoms with Crippen molar-refractivity contribution in [1.29, 1.82) is 0 Å². The first kappa shape index (κ1) is 25.7. The van der Waals surface area contributed by atoms with E-state index >= 15 is 0 Å². The van der Waals surface area contributed by atoms with Crippen LogP contribution in [0.5, 0.6) is 5.75 Å². The highest BCUT2D eigenvalue weighted by molar-refractivity contribution is 5.93. The molecule has 0 spiro atoms. The minimum absolute atomic E-state index is 0.0788. The van der Waals surface area contributed by atoms with E-state index in [1.165, 1.54) is 17.9 Å². The molecule has 4 heterocycles. The number of nitrogen functional groups attached to an aromatic ring is 1. The Kier molecular flexibility index (Phi) is 6.16. The van der Waals surface area contributed by atoms with Crippen molar-refractivity contribution in [3.8, 4) is 16.9 Å². The number of fused-ring (bicyclic) bond motifs is 2. The second-order valence-corrected chi connectivity index (χ2v) is 10.2. The number of rotatable bonds is 5. The number of alkyl halides is 3. The maximum absolute atomic E-state index is 14.0. The zero-order chi connectivity index (χ0) is 28.2. The summed E-state index contributed by atoms with van der Waals surface area (Å²) in [6, 6.07) is 10.0. The number of aryl methyl sites for hydroxylation is 2. The Hall–Kier alpha value is -4.54. The van der Waals surface area contributed by atoms with Crippen molar-refractivity contribution in [2.75, 3.05) is 24.3 Å². The average Bonchev–Trinajstić information content (AvgIpc) is 3.52. The molecule has 2 N–H and O–H groups in total. The lowest BCUT2D eigenvalue weighted by Gasteiger charge is -2.33. The van der Waals surface area contributed by atoms with E-state index in [1.54, 1.807) is 30.3 Å². The molecular formula is C29H28F3N7O. The summed E-state index contributed by atoms with van der Waals surface area (Å²) in [6.07, 6.45) is 2.49. The number of halogens is 3. The van der Waals surface area contributed by atoms with Crippen LogP contribution in [0.15, 0.2) is 55.1 Å². The lowest BCUT2D eigenvalue weighted by molar-refractivity contribution is -0.140. The maximum Gasteiger partial charge on any atom is 0.435 e. The maximum atomic E-state index is 14.0. The number of hydrogen-bond donors (Lipinski definition) is 1. The lowest BCUT2D eigenvalue weighted by Crippen LogP contribution is -2.31. The molecule has 2 aromatic carbocycles. The van der Waals surface area contributed by atoms with Gasteiger partial charge in [0, 0.05) is 55.4 Å². The van der Waals surface area contributed by atoms with Crippen LogP contribution in [-0.4, -0.2) is 38.0 Å². The van der Waals surface area contributed by atoms with E-state index in [4.69, 9.17) is 10.5 Å². The molecule has 1 aliphatic rings. The minimum atomic E-state index is -4.58. The summed E-state index contributed by atoms with van der Waals surface area (Å²) < 4.78 is 50.5. The molecule has 11 heteroatoms. The fourth-order valence-corrected chi connectivity index (χ4v) is 5.57. The van der Waals surface area contributed by atoms with Gasteiger partial charge in [0.2, 0.25) is 0 Å². The van der Waals surface area contributed by atoms with Crippen LogP contribution < -0.4 is 15.4 Å². The van der Waals surface area contributed by atoms with Crippen molar-refractivity contribution < 1.29 is 17.9 Å². The number of pyridine rings is 1. The standard InChI is InChI=1S/C29H28F3N7O/c1-17-8-25-23(12-20(40-3)13-35-25)26(9-17)38-6-4-21-19(15-38)10-18(14-39-7-5-34-28(39)33)11-22(21)24-16-37(2)36-27(24)29(30,31)32/h5,7-13,16H,4,6,14-15H2,1-3H3,(H2,33,34). The van der Waals surface area contributed by atoms with E-state index in [0.29, 0.717) is 43.3 Å². The van der Waals surface area contributed by atoms with Gasteiger partial charge in [0.25, 0.3) is 0 Å². The monoisotopic (exact) mass is 547 g/mol. The number of aromatic nitrogens is 5. The average molecular weight is 548 g/mol. The minimum Gasteiger partial charge on any atom is -0.495 e. The second kappa shape index (κ2) is 9.58. The normalized spacial score (nSPS) is 13.6. The number of nitrogens with two attached hydrogens (primary N) is 1. The molecule has 0 unspecified atom stereocenters. The molecule has 0 aliphatic carbocycles. The molecular weight excluding hydrogens is 519 g/mol. The highest BCUT2D eigenvalue weighted by Crippen LogP contribution is 2.41. The summed E-state index contributed by atoms with van der Waals surface area (Å²) in [6.45, 7) is 3.56. The first-order valence-corrected chi connectivity index (χ1v) is 12.8. The number of imidazole rings is 1. The van der Waals surface area contributed by atoms with Gasteiger partial charge in [0.05, 0.1) is 25.4 Å². The number of hydrogen-bond acceptors (Lipinski definition) is 6. The number of ether oxygens (including phenoxy) is 1. The Morgan fingerprint density at radius 3 is 2.62 bits per heavy atom. The summed E-state index contributed by atoms with van der Waals surface area (Å²) in [7, 11) is 3.12. The number of anilines is 2. The van der Waals surface area contributed by atoms with Crippen molar-refractivity contribution >= 4 is 22.5 Å². The van der Waals surface area contributed by atoms with Crippen LogP contribution in [0, 0.1) is 6.92 Å². The first-order valence-electron chi connectivity index (χ1n) is 12.8. The molecule has 0 amide bonds. The van der Waals surface area contributed by atoms with Crippen molar-refractivity contribution in [3.63, 3.8) is 0 Å². The predicted molar refractivity (Wildman–Crippen MR) is 147 cm³/mol. The lowest BCUT2D eigenvalue weighted by atomic mass is 9.88. The molecule has 0 fully saturated rings. The summed E-state index contributed by atoms with van der Waals surface area (Å²) in [5, 5.41) is 4.74. The Morgan fingerprint density at radius 1 is 1.07 bits per heavy atom. The topological polar surface area (TPSA) is 87.0 Å². The number of benzene rings is 2. The van der Waals surface area contributed by atoms with E-state index in [2.05, 4.69) is 32.1 Å². The van der Waals surface area contributed by atoms with Crippen molar-refractivity contribution in [1.82, 2.24) is 24.3 Å². The second-order valence-electron chi connectivity index (χ2n) is 10.2. The van der Waals surface area contributed by atoms with Crippen LogP contribution in [0.2, 0.25) is 0 Å². The Bertz CT molecular complexity index is 1740. The molecule has 1 aliphatic heterocycles. The molecule has 206 valence electrons. The molecule has 0 bridgehead atoms. The summed E-state index contributed by atoms with van der Waals surface area (Å²) in [4.78, 5) is 10.9. The van der Waals surface area contributed by atoms with Gasteiger partial charge in [0.1, 0.15) is 5.75 Å². The largest absolute Gasteiger partial charge is 0.495 e. The first-order chi connectivity index (χ1) is 19.1. The van der Waals surface area contributed by atoms with Crippen molar-refractivity contribution in [2.45, 2.75) is 32.6 Å². The van der Waals surface area contributed by atoms with Gasteiger partial charge in [-0.05, 0) is 65.4 Å². The molecule has 0 saturated carbocycles. The van der Waals surface area contributed by atoms with E-state index in [-0.39, 0.29) is 5.56 Å². The van der Waals surface area contributed by atoms with Crippen molar-refractivity contribution in [3.05, 3.63) is 83.1 Å². The van der Waals surface area contributed by atoms with Crippen LogP contribution in [0.25, 0.3) is 22.0 Å². The van der Waals surface area contributed by atoms with Gasteiger partial charge in [-0.3, -0.25) is 9.67 Å². The molecule has 40 heavy (non-hydrogen) atoms. The zero-order valence-electron chi connectivity index (χ0n) is 22.3. The summed E-state index contributed by atoms with van der Waals surface area (Å²) in [5.41, 5.74) is 11.4. The van der Waals surface area contributed by atoms with Gasteiger partial charge in [-0.15, -0.1) is 0 Å². The Morgan fingerprint density at radius 2 is 1.90 bits per heavy atom. The number of methoxy groups -OCH3 is 1. The third kappa shape index (κ3) is 4.61. The van der Waals surface area contributed by atoms with E-state index < -0.39 is 11.9 Å². The highest BCUT2D eigenvalue weighted by Gasteiger charge is 2.38. The van der Waals surface area contributed by atoms with Gasteiger partial charge in [-0.1, -0.05) is 6.07 Å². The summed E-state index contributed by atoms with van der Waals surface area (Å²) >= 11 is 0. The molecule has 3 aromatic heterocycles. The molecule has 8 nitrogen and oxygen atoms in total. The quantitative estimate of drug-likeness (QED) is 0.319. The number of nitrogens with zero attached hydrogens (tertiary/aromatic N) is 6. The zero-order valence-corrected chi connectivity index (χ0v) is 22.3. The predicted octanol–water partition coefficient (Wildman–Crippen LogP) is 5.36. The van der Waals surface area contributed by atoms with Gasteiger partial charge in [-0.2, -0.15) is 18.3 Å². The fraction of sp³-hybridized carbons (Fsp3) is 0.276. The van der Waals surface area contributed by atoms with Gasteiger partial charge < -0.3 is 19.9 Å². The van der Waals surface area contributed by atoms with Gasteiger partial charge in [0.15, 0.2) is 11.6 Å². The van der Waals surface area contributed by atoms with Crippen LogP contribution in [-0.2, 0) is 32.7 Å². The van der Waals surface area contributed by atoms with Gasteiger partial charge in [-0.25, -0.2) is 4.98 Å². The smallest absolute Gasteiger partial charge is 0.435 e. The Labute approximate surface area is 228 Å². The molecule has 5 aromatic rings. The molecule has 0 saturated heterocycles. The highest BCUT2D eigenvalue weighted by atomic mass is 19.4. The fourth-order valence-electron chi connectivity index (χ4n) is 5.57. The van der Waals surface area contributed by atoms with E-state index in [9.17, 15) is 13.2 Å². The summed E-state index contributed by atoms with van der Waals surface area (Å²) in [5.74, 6) is 1.000. The van der Waals surface area contributed by atoms with Crippen molar-refractivity contribution in [2.24, 2.45) is 7.05 Å². The van der Waals surface area contributed by atoms with Crippen LogP contribution in [0.3, 0.4) is 0 Å². The molecule has 0 radical (unpaired) electrons. The van der Waals surface area contributed by atoms with E-state index in [0.717, 1.165) is 38.8 Å². The molecule has 0 atom stereocenters. The van der Waals surface area contributed by atoms with E-state index in [1.807, 2.05) is 25.1 Å². The van der Waals surface area contributed by atoms with Gasteiger partial charge >= 0.3 is 6.18 Å².